The number of nitrogens with one attached hydrogen (secondary N) is 1. The van der Waals surface area contributed by atoms with Gasteiger partial charge < -0.3 is 24.6 Å². The first-order chi connectivity index (χ1) is 12.6. The molecule has 2 rings (SSSR count). The van der Waals surface area contributed by atoms with E-state index in [0.717, 1.165) is 12.0 Å². The fourth-order valence-corrected chi connectivity index (χ4v) is 2.43. The van der Waals surface area contributed by atoms with Gasteiger partial charge in [-0.15, -0.1) is 0 Å². The molecule has 0 radical (unpaired) electrons. The van der Waals surface area contributed by atoms with E-state index in [1.165, 1.54) is 0 Å². The molecule has 1 unspecified atom stereocenters. The van der Waals surface area contributed by atoms with Crippen LogP contribution in [0.25, 0.3) is 0 Å². The summed E-state index contributed by atoms with van der Waals surface area (Å²) < 4.78 is 15.6. The van der Waals surface area contributed by atoms with Gasteiger partial charge in [-0.05, 0) is 42.8 Å². The number of esters is 1. The van der Waals surface area contributed by atoms with Crippen molar-refractivity contribution < 1.29 is 24.1 Å². The van der Waals surface area contributed by atoms with Crippen molar-refractivity contribution in [1.29, 1.82) is 0 Å². The number of hydrogen-bond acceptors (Lipinski definition) is 6. The van der Waals surface area contributed by atoms with Crippen molar-refractivity contribution >= 4 is 5.97 Å². The molecule has 0 aliphatic carbocycles. The van der Waals surface area contributed by atoms with Gasteiger partial charge >= 0.3 is 5.97 Å². The predicted molar refractivity (Wildman–Crippen MR) is 98.9 cm³/mol. The zero-order valence-electron chi connectivity index (χ0n) is 15.1. The summed E-state index contributed by atoms with van der Waals surface area (Å²) in [7, 11) is 3.21. The number of carbonyl (C=O) groups is 1. The summed E-state index contributed by atoms with van der Waals surface area (Å²) in [5, 5.41) is 13.1. The summed E-state index contributed by atoms with van der Waals surface area (Å²) in [4.78, 5) is 11.8. The van der Waals surface area contributed by atoms with E-state index in [-0.39, 0.29) is 6.61 Å². The van der Waals surface area contributed by atoms with Gasteiger partial charge in [-0.3, -0.25) is 0 Å². The first kappa shape index (κ1) is 19.8. The first-order valence-electron chi connectivity index (χ1n) is 8.46. The van der Waals surface area contributed by atoms with Crippen LogP contribution in [-0.2, 0) is 11.2 Å². The van der Waals surface area contributed by atoms with Crippen molar-refractivity contribution in [2.75, 3.05) is 33.9 Å². The average molecular weight is 359 g/mol. The Morgan fingerprint density at radius 3 is 2.50 bits per heavy atom. The Morgan fingerprint density at radius 1 is 1.08 bits per heavy atom. The Bertz CT molecular complexity index is 690. The van der Waals surface area contributed by atoms with Crippen LogP contribution in [0.2, 0.25) is 0 Å². The SMILES string of the molecule is COc1ccc(CCNCC(O)COC(=O)c2ccccc2)cc1OC. The summed E-state index contributed by atoms with van der Waals surface area (Å²) >= 11 is 0. The van der Waals surface area contributed by atoms with E-state index in [4.69, 9.17) is 14.2 Å². The molecule has 0 bridgehead atoms. The number of benzene rings is 2. The molecule has 140 valence electrons. The Hall–Kier alpha value is -2.57. The van der Waals surface area contributed by atoms with Crippen molar-refractivity contribution in [1.82, 2.24) is 5.32 Å². The molecule has 0 saturated carbocycles. The van der Waals surface area contributed by atoms with Gasteiger partial charge in [0.05, 0.1) is 19.8 Å². The van der Waals surface area contributed by atoms with Gasteiger partial charge in [-0.2, -0.15) is 0 Å². The van der Waals surface area contributed by atoms with Crippen LogP contribution >= 0.6 is 0 Å². The monoisotopic (exact) mass is 359 g/mol. The molecule has 0 aliphatic rings. The van der Waals surface area contributed by atoms with Crippen molar-refractivity contribution in [3.05, 3.63) is 59.7 Å². The number of carbonyl (C=O) groups excluding carboxylic acids is 1. The highest BCUT2D eigenvalue weighted by atomic mass is 16.5. The lowest BCUT2D eigenvalue weighted by Crippen LogP contribution is -2.32. The molecular weight excluding hydrogens is 334 g/mol. The van der Waals surface area contributed by atoms with E-state index in [2.05, 4.69) is 5.32 Å². The fourth-order valence-electron chi connectivity index (χ4n) is 2.43. The fraction of sp³-hybridized carbons (Fsp3) is 0.350. The van der Waals surface area contributed by atoms with E-state index in [9.17, 15) is 9.90 Å². The van der Waals surface area contributed by atoms with Crippen molar-refractivity contribution in [3.63, 3.8) is 0 Å². The second kappa shape index (κ2) is 10.4. The lowest BCUT2D eigenvalue weighted by molar-refractivity contribution is 0.0260. The third kappa shape index (κ3) is 6.06. The maximum atomic E-state index is 11.8. The number of rotatable bonds is 10. The molecule has 0 heterocycles. The van der Waals surface area contributed by atoms with E-state index in [0.29, 0.717) is 30.2 Å². The summed E-state index contributed by atoms with van der Waals surface area (Å²) in [6.45, 7) is 0.978. The van der Waals surface area contributed by atoms with E-state index in [1.54, 1.807) is 38.5 Å². The molecule has 2 aromatic carbocycles. The third-order valence-electron chi connectivity index (χ3n) is 3.83. The second-order valence-electron chi connectivity index (χ2n) is 5.76. The molecule has 2 N–H and O–H groups in total. The van der Waals surface area contributed by atoms with Crippen LogP contribution in [0.3, 0.4) is 0 Å². The van der Waals surface area contributed by atoms with Crippen LogP contribution in [0.15, 0.2) is 48.5 Å². The van der Waals surface area contributed by atoms with Gasteiger partial charge in [0.25, 0.3) is 0 Å². The minimum absolute atomic E-state index is 0.0446. The number of ether oxygens (including phenoxy) is 3. The lowest BCUT2D eigenvalue weighted by Gasteiger charge is -2.13. The summed E-state index contributed by atoms with van der Waals surface area (Å²) in [5.41, 5.74) is 1.57. The van der Waals surface area contributed by atoms with Gasteiger partial charge in [0.2, 0.25) is 0 Å². The third-order valence-corrected chi connectivity index (χ3v) is 3.83. The standard InChI is InChI=1S/C20H25NO5/c1-24-18-9-8-15(12-19(18)25-2)10-11-21-13-17(22)14-26-20(23)16-6-4-3-5-7-16/h3-9,12,17,21-22H,10-11,13-14H2,1-2H3. The Kier molecular flexibility index (Phi) is 7.92. The number of aliphatic hydroxyl groups is 1. The largest absolute Gasteiger partial charge is 0.493 e. The number of methoxy groups -OCH3 is 2. The molecule has 0 amide bonds. The molecule has 0 aliphatic heterocycles. The molecule has 6 nitrogen and oxygen atoms in total. The molecule has 26 heavy (non-hydrogen) atoms. The predicted octanol–water partition coefficient (Wildman–Crippen LogP) is 2.05. The Labute approximate surface area is 153 Å². The number of aliphatic hydroxyl groups excluding tert-OH is 1. The van der Waals surface area contributed by atoms with E-state index < -0.39 is 12.1 Å². The molecule has 0 saturated heterocycles. The van der Waals surface area contributed by atoms with E-state index >= 15 is 0 Å². The van der Waals surface area contributed by atoms with Crippen LogP contribution in [0.4, 0.5) is 0 Å². The van der Waals surface area contributed by atoms with Crippen LogP contribution in [0, 0.1) is 0 Å². The summed E-state index contributed by atoms with van der Waals surface area (Å²) in [5.74, 6) is 0.952. The van der Waals surface area contributed by atoms with Gasteiger partial charge in [-0.1, -0.05) is 24.3 Å². The summed E-state index contributed by atoms with van der Waals surface area (Å²) in [6, 6.07) is 14.5. The highest BCUT2D eigenvalue weighted by molar-refractivity contribution is 5.89. The smallest absolute Gasteiger partial charge is 0.338 e. The topological polar surface area (TPSA) is 77.0 Å². The van der Waals surface area contributed by atoms with Crippen molar-refractivity contribution in [2.24, 2.45) is 0 Å². The van der Waals surface area contributed by atoms with Crippen LogP contribution in [-0.4, -0.2) is 51.1 Å². The number of hydrogen-bond donors (Lipinski definition) is 2. The maximum Gasteiger partial charge on any atom is 0.338 e. The maximum absolute atomic E-state index is 11.8. The van der Waals surface area contributed by atoms with Crippen molar-refractivity contribution in [3.8, 4) is 11.5 Å². The highest BCUT2D eigenvalue weighted by Crippen LogP contribution is 2.27. The highest BCUT2D eigenvalue weighted by Gasteiger charge is 2.10. The second-order valence-corrected chi connectivity index (χ2v) is 5.76. The van der Waals surface area contributed by atoms with Gasteiger partial charge in [0.1, 0.15) is 12.7 Å². The minimum Gasteiger partial charge on any atom is -0.493 e. The van der Waals surface area contributed by atoms with Crippen LogP contribution in [0.5, 0.6) is 11.5 Å². The van der Waals surface area contributed by atoms with Gasteiger partial charge in [-0.25, -0.2) is 4.79 Å². The molecule has 0 fully saturated rings. The zero-order chi connectivity index (χ0) is 18.8. The zero-order valence-corrected chi connectivity index (χ0v) is 15.1. The molecule has 1 atom stereocenters. The molecule has 0 aromatic heterocycles. The van der Waals surface area contributed by atoms with Crippen LogP contribution < -0.4 is 14.8 Å². The van der Waals surface area contributed by atoms with Crippen LogP contribution in [0.1, 0.15) is 15.9 Å². The van der Waals surface area contributed by atoms with Gasteiger partial charge in [0, 0.05) is 6.54 Å². The normalized spacial score (nSPS) is 11.7. The minimum atomic E-state index is -0.756. The average Bonchev–Trinajstić information content (AvgIpc) is 2.69. The van der Waals surface area contributed by atoms with Gasteiger partial charge in [0.15, 0.2) is 11.5 Å². The van der Waals surface area contributed by atoms with E-state index in [1.807, 2.05) is 24.3 Å². The quantitative estimate of drug-likeness (QED) is 0.499. The molecular formula is C20H25NO5. The first-order valence-corrected chi connectivity index (χ1v) is 8.46. The lowest BCUT2D eigenvalue weighted by atomic mass is 10.1. The molecule has 0 spiro atoms. The Balaban J connectivity index is 1.67. The Morgan fingerprint density at radius 2 is 1.81 bits per heavy atom. The molecule has 6 heteroatoms. The molecule has 2 aromatic rings. The van der Waals surface area contributed by atoms with Crippen molar-refractivity contribution in [2.45, 2.75) is 12.5 Å². The summed E-state index contributed by atoms with van der Waals surface area (Å²) in [6.07, 6.45) is 0.0183.